The number of hydrogen-bond acceptors (Lipinski definition) is 6. The Bertz CT molecular complexity index is 796. The van der Waals surface area contributed by atoms with E-state index < -0.39 is 70.4 Å². The molecule has 0 saturated carbocycles. The second-order valence-electron chi connectivity index (χ2n) is 5.23. The van der Waals surface area contributed by atoms with Crippen LogP contribution in [0.2, 0.25) is 0 Å². The van der Waals surface area contributed by atoms with E-state index >= 15 is 0 Å². The normalized spacial score (nSPS) is 15.1. The van der Waals surface area contributed by atoms with Crippen molar-refractivity contribution in [3.05, 3.63) is 25.2 Å². The van der Waals surface area contributed by atoms with Crippen LogP contribution in [0.4, 0.5) is 35.1 Å². The van der Waals surface area contributed by atoms with Crippen molar-refractivity contribution < 1.29 is 67.2 Å². The molecule has 0 spiro atoms. The van der Waals surface area contributed by atoms with Gasteiger partial charge < -0.3 is 14.8 Å². The Morgan fingerprint density at radius 1 is 1.10 bits per heavy atom. The van der Waals surface area contributed by atoms with Gasteiger partial charge in [-0.3, -0.25) is 9.35 Å². The van der Waals surface area contributed by atoms with Crippen molar-refractivity contribution in [2.75, 3.05) is 6.61 Å². The van der Waals surface area contributed by atoms with Crippen molar-refractivity contribution in [1.29, 1.82) is 0 Å². The summed E-state index contributed by atoms with van der Waals surface area (Å²) in [7, 11) is -6.60. The van der Waals surface area contributed by atoms with Crippen LogP contribution >= 0.6 is 0 Å². The van der Waals surface area contributed by atoms with Crippen molar-refractivity contribution in [3.8, 4) is 0 Å². The first-order chi connectivity index (χ1) is 13.3. The van der Waals surface area contributed by atoms with Gasteiger partial charge in [-0.1, -0.05) is 13.2 Å². The molecular weight excluding hydrogens is 466 g/mol. The summed E-state index contributed by atoms with van der Waals surface area (Å²) < 4.78 is 142. The number of halogens is 8. The van der Waals surface area contributed by atoms with Gasteiger partial charge in [0.25, 0.3) is 0 Å². The summed E-state index contributed by atoms with van der Waals surface area (Å²) in [6.07, 6.45) is -9.25. The third kappa shape index (κ3) is 5.88. The average Bonchev–Trinajstić information content (AvgIpc) is 2.55. The average molecular weight is 479 g/mol. The monoisotopic (exact) mass is 479 g/mol. The van der Waals surface area contributed by atoms with Crippen LogP contribution in [0.15, 0.2) is 25.2 Å². The van der Waals surface area contributed by atoms with E-state index in [-0.39, 0.29) is 0 Å². The summed E-state index contributed by atoms with van der Waals surface area (Å²) in [6, 6.07) is 0. The molecule has 8 nitrogen and oxygen atoms in total. The molecule has 0 rings (SSSR count). The summed E-state index contributed by atoms with van der Waals surface area (Å²) >= 11 is 0. The number of hydrogen-bond donors (Lipinski definition) is 2. The number of carbonyl (C=O) groups excluding carboxylic acids is 2. The summed E-state index contributed by atoms with van der Waals surface area (Å²) in [5, 5.41) is -4.69. The van der Waals surface area contributed by atoms with Crippen LogP contribution in [0.25, 0.3) is 0 Å². The predicted octanol–water partition coefficient (Wildman–Crippen LogP) is 2.44. The van der Waals surface area contributed by atoms with Crippen LogP contribution in [-0.2, 0) is 29.2 Å². The minimum absolute atomic E-state index is 0.352. The maximum Gasteiger partial charge on any atom is 0.466 e. The SMILES string of the molecule is C=CNC(=O)C(OCCCC(F)(F)C(F)(F)S(=O)(=O)O)(OC(=O)C(=C)F)C(F)(F)F. The molecule has 0 aromatic rings. The van der Waals surface area contributed by atoms with Crippen molar-refractivity contribution >= 4 is 22.0 Å². The third-order valence-corrected chi connectivity index (χ3v) is 4.00. The van der Waals surface area contributed by atoms with E-state index in [1.54, 1.807) is 0 Å². The molecule has 0 aliphatic heterocycles. The lowest BCUT2D eigenvalue weighted by molar-refractivity contribution is -0.347. The van der Waals surface area contributed by atoms with Gasteiger partial charge in [-0.05, 0) is 12.6 Å². The predicted molar refractivity (Wildman–Crippen MR) is 80.1 cm³/mol. The summed E-state index contributed by atoms with van der Waals surface area (Å²) in [4.78, 5) is 22.9. The van der Waals surface area contributed by atoms with Gasteiger partial charge >= 0.3 is 45.1 Å². The molecular formula is C13H13F8NO7S. The van der Waals surface area contributed by atoms with Crippen molar-refractivity contribution in [1.82, 2.24) is 5.32 Å². The fraction of sp³-hybridized carbons (Fsp3) is 0.538. The molecule has 0 aliphatic rings. The van der Waals surface area contributed by atoms with E-state index in [4.69, 9.17) is 4.55 Å². The minimum Gasteiger partial charge on any atom is -0.410 e. The van der Waals surface area contributed by atoms with Crippen LogP contribution < -0.4 is 5.32 Å². The molecule has 174 valence electrons. The van der Waals surface area contributed by atoms with Crippen LogP contribution in [0, 0.1) is 0 Å². The topological polar surface area (TPSA) is 119 Å². The van der Waals surface area contributed by atoms with Gasteiger partial charge in [0, 0.05) is 6.42 Å². The molecule has 1 amide bonds. The molecule has 1 atom stereocenters. The van der Waals surface area contributed by atoms with E-state index in [9.17, 15) is 53.1 Å². The first-order valence-corrected chi connectivity index (χ1v) is 8.64. The zero-order valence-corrected chi connectivity index (χ0v) is 15.3. The molecule has 2 N–H and O–H groups in total. The number of esters is 1. The summed E-state index contributed by atoms with van der Waals surface area (Å²) in [5.74, 6) is -17.0. The lowest BCUT2D eigenvalue weighted by Crippen LogP contribution is -2.61. The molecule has 0 aromatic carbocycles. The maximum atomic E-state index is 13.3. The summed E-state index contributed by atoms with van der Waals surface area (Å²) in [5.41, 5.74) is 0. The smallest absolute Gasteiger partial charge is 0.410 e. The lowest BCUT2D eigenvalue weighted by Gasteiger charge is -2.32. The molecule has 0 saturated heterocycles. The third-order valence-electron chi connectivity index (χ3n) is 3.05. The fourth-order valence-electron chi connectivity index (χ4n) is 1.63. The van der Waals surface area contributed by atoms with Crippen molar-refractivity contribution in [3.63, 3.8) is 0 Å². The fourth-order valence-corrected chi connectivity index (χ4v) is 2.11. The van der Waals surface area contributed by atoms with Gasteiger partial charge in [-0.2, -0.15) is 43.5 Å². The van der Waals surface area contributed by atoms with Crippen LogP contribution in [0.3, 0.4) is 0 Å². The Morgan fingerprint density at radius 2 is 1.60 bits per heavy atom. The largest absolute Gasteiger partial charge is 0.466 e. The number of carbonyl (C=O) groups is 2. The van der Waals surface area contributed by atoms with Gasteiger partial charge in [-0.25, -0.2) is 4.79 Å². The Labute approximate surface area is 163 Å². The minimum atomic E-state index is -6.60. The highest BCUT2D eigenvalue weighted by molar-refractivity contribution is 7.87. The van der Waals surface area contributed by atoms with E-state index in [0.717, 1.165) is 0 Å². The molecule has 0 bridgehead atoms. The quantitative estimate of drug-likeness (QED) is 0.117. The highest BCUT2D eigenvalue weighted by Crippen LogP contribution is 2.42. The lowest BCUT2D eigenvalue weighted by atomic mass is 10.2. The van der Waals surface area contributed by atoms with E-state index in [2.05, 4.69) is 22.6 Å². The Balaban J connectivity index is 5.69. The van der Waals surface area contributed by atoms with Gasteiger partial charge in [0.15, 0.2) is 0 Å². The number of amides is 1. The van der Waals surface area contributed by atoms with Gasteiger partial charge in [-0.15, -0.1) is 0 Å². The van der Waals surface area contributed by atoms with E-state index in [1.807, 2.05) is 0 Å². The molecule has 0 fully saturated rings. The zero-order chi connectivity index (χ0) is 24.2. The summed E-state index contributed by atoms with van der Waals surface area (Å²) in [6.45, 7) is 3.51. The molecule has 17 heteroatoms. The number of ether oxygens (including phenoxy) is 2. The van der Waals surface area contributed by atoms with Crippen LogP contribution in [0.1, 0.15) is 12.8 Å². The van der Waals surface area contributed by atoms with Crippen molar-refractivity contribution in [2.45, 2.75) is 36.0 Å². The molecule has 0 aliphatic carbocycles. The van der Waals surface area contributed by atoms with E-state index in [1.165, 1.54) is 5.32 Å². The van der Waals surface area contributed by atoms with Gasteiger partial charge in [0.1, 0.15) is 0 Å². The zero-order valence-electron chi connectivity index (χ0n) is 14.4. The van der Waals surface area contributed by atoms with Crippen LogP contribution in [-0.4, -0.2) is 54.6 Å². The molecule has 1 unspecified atom stereocenters. The molecule has 0 heterocycles. The molecule has 0 radical (unpaired) electrons. The molecule has 30 heavy (non-hydrogen) atoms. The Morgan fingerprint density at radius 3 is 1.97 bits per heavy atom. The Kier molecular flexibility index (Phi) is 8.55. The Hall–Kier alpha value is -2.27. The van der Waals surface area contributed by atoms with E-state index in [0.29, 0.717) is 6.20 Å². The highest BCUT2D eigenvalue weighted by Gasteiger charge is 2.67. The van der Waals surface area contributed by atoms with Crippen molar-refractivity contribution in [2.24, 2.45) is 0 Å². The number of alkyl halides is 7. The second kappa shape index (κ2) is 9.25. The number of rotatable bonds is 11. The standard InChI is InChI=1S/C13H13F8NO7S/c1-3-22-9(24)11(12(17,18)19,29-8(23)7(2)14)28-6-4-5-10(15,16)13(20,21)30(25,26)27/h3H,1-2,4-6H2,(H,22,24)(H,25,26,27). The number of nitrogens with one attached hydrogen (secondary N) is 1. The maximum absolute atomic E-state index is 13.3. The second-order valence-corrected chi connectivity index (χ2v) is 6.70. The first kappa shape index (κ1) is 27.7. The highest BCUT2D eigenvalue weighted by atomic mass is 32.2. The van der Waals surface area contributed by atoms with Gasteiger partial charge in [0.2, 0.25) is 5.83 Å². The first-order valence-electron chi connectivity index (χ1n) is 7.20. The van der Waals surface area contributed by atoms with Gasteiger partial charge in [0.05, 0.1) is 6.61 Å². The van der Waals surface area contributed by atoms with Crippen LogP contribution in [0.5, 0.6) is 0 Å². The molecule has 0 aromatic heterocycles.